The highest BCUT2D eigenvalue weighted by Crippen LogP contribution is 2.25. The standard InChI is InChI=1S/C32H29N3O6/c36-29(34-28-11-5-4-10-27(28)32(38)39)19-22-12-17-30(33-20-22)41-26-15-13-25(14-16-26)40-21-24-9-6-18-35(24)31(37)23-7-2-1-3-8-23/h1-5,7-8,10-17,20,24H,6,9,18-19,21H2,(H,34,36)(H,38,39). The summed E-state index contributed by atoms with van der Waals surface area (Å²) in [6, 6.07) is 26.1. The van der Waals surface area contributed by atoms with Crippen molar-refractivity contribution >= 4 is 23.5 Å². The van der Waals surface area contributed by atoms with Crippen LogP contribution >= 0.6 is 0 Å². The number of anilines is 1. The van der Waals surface area contributed by atoms with E-state index in [1.807, 2.05) is 35.2 Å². The van der Waals surface area contributed by atoms with E-state index in [-0.39, 0.29) is 35.5 Å². The molecule has 0 bridgehead atoms. The monoisotopic (exact) mass is 551 g/mol. The van der Waals surface area contributed by atoms with Crippen LogP contribution in [-0.2, 0) is 11.2 Å². The Morgan fingerprint density at radius 2 is 1.63 bits per heavy atom. The summed E-state index contributed by atoms with van der Waals surface area (Å²) in [6.07, 6.45) is 3.43. The number of hydrogen-bond acceptors (Lipinski definition) is 6. The number of amides is 2. The Morgan fingerprint density at radius 1 is 0.902 bits per heavy atom. The van der Waals surface area contributed by atoms with Crippen LogP contribution in [0.5, 0.6) is 17.4 Å². The molecule has 1 saturated heterocycles. The number of hydrogen-bond donors (Lipinski definition) is 2. The Labute approximate surface area is 237 Å². The third kappa shape index (κ3) is 7.07. The molecule has 1 aromatic heterocycles. The van der Waals surface area contributed by atoms with Crippen LogP contribution in [0.1, 0.15) is 39.1 Å². The molecule has 9 heteroatoms. The van der Waals surface area contributed by atoms with Crippen molar-refractivity contribution in [1.82, 2.24) is 9.88 Å². The van der Waals surface area contributed by atoms with Gasteiger partial charge in [-0.15, -0.1) is 0 Å². The lowest BCUT2D eigenvalue weighted by Crippen LogP contribution is -2.39. The number of benzene rings is 3. The summed E-state index contributed by atoms with van der Waals surface area (Å²) in [5, 5.41) is 11.9. The fourth-order valence-electron chi connectivity index (χ4n) is 4.67. The quantitative estimate of drug-likeness (QED) is 0.270. The highest BCUT2D eigenvalue weighted by molar-refractivity contribution is 6.01. The highest BCUT2D eigenvalue weighted by atomic mass is 16.5. The molecule has 9 nitrogen and oxygen atoms in total. The molecule has 0 radical (unpaired) electrons. The van der Waals surface area contributed by atoms with Crippen LogP contribution in [0.25, 0.3) is 0 Å². The lowest BCUT2D eigenvalue weighted by molar-refractivity contribution is -0.115. The molecule has 2 heterocycles. The summed E-state index contributed by atoms with van der Waals surface area (Å²) in [5.41, 5.74) is 1.61. The fourth-order valence-corrected chi connectivity index (χ4v) is 4.67. The van der Waals surface area contributed by atoms with Gasteiger partial charge >= 0.3 is 5.97 Å². The summed E-state index contributed by atoms with van der Waals surface area (Å²) in [5.74, 6) is 0.176. The van der Waals surface area contributed by atoms with E-state index in [0.717, 1.165) is 19.4 Å². The zero-order chi connectivity index (χ0) is 28.6. The van der Waals surface area contributed by atoms with Crippen LogP contribution in [0.4, 0.5) is 5.69 Å². The molecular weight excluding hydrogens is 522 g/mol. The number of carboxylic acids is 1. The van der Waals surface area contributed by atoms with Crippen LogP contribution in [-0.4, -0.2) is 52.0 Å². The van der Waals surface area contributed by atoms with Gasteiger partial charge in [0.2, 0.25) is 11.8 Å². The molecular formula is C32H29N3O6. The maximum absolute atomic E-state index is 12.9. The minimum absolute atomic E-state index is 0.0235. The van der Waals surface area contributed by atoms with Gasteiger partial charge in [-0.1, -0.05) is 36.4 Å². The van der Waals surface area contributed by atoms with Crippen LogP contribution in [0.15, 0.2) is 97.2 Å². The molecule has 1 atom stereocenters. The van der Waals surface area contributed by atoms with Gasteiger partial charge in [0.15, 0.2) is 0 Å². The molecule has 1 unspecified atom stereocenters. The van der Waals surface area contributed by atoms with Crippen molar-refractivity contribution in [3.05, 3.63) is 114 Å². The van der Waals surface area contributed by atoms with Crippen molar-refractivity contribution < 1.29 is 29.0 Å². The van der Waals surface area contributed by atoms with E-state index in [9.17, 15) is 19.5 Å². The van der Waals surface area contributed by atoms with Gasteiger partial charge in [0.1, 0.15) is 18.1 Å². The second-order valence-corrected chi connectivity index (χ2v) is 9.63. The van der Waals surface area contributed by atoms with Gasteiger partial charge in [-0.3, -0.25) is 9.59 Å². The van der Waals surface area contributed by atoms with Crippen molar-refractivity contribution in [3.8, 4) is 17.4 Å². The number of ether oxygens (including phenoxy) is 2. The molecule has 0 saturated carbocycles. The summed E-state index contributed by atoms with van der Waals surface area (Å²) < 4.78 is 11.8. The number of carbonyl (C=O) groups excluding carboxylic acids is 2. The number of rotatable bonds is 10. The smallest absolute Gasteiger partial charge is 0.337 e. The molecule has 0 aliphatic carbocycles. The Morgan fingerprint density at radius 3 is 2.37 bits per heavy atom. The van der Waals surface area contributed by atoms with Gasteiger partial charge in [0, 0.05) is 24.4 Å². The number of nitrogens with zero attached hydrogens (tertiary/aromatic N) is 2. The first-order chi connectivity index (χ1) is 20.0. The Hall–Kier alpha value is -5.18. The Balaban J connectivity index is 1.11. The van der Waals surface area contributed by atoms with Gasteiger partial charge in [0.05, 0.1) is 23.7 Å². The summed E-state index contributed by atoms with van der Waals surface area (Å²) >= 11 is 0. The molecule has 1 aliphatic heterocycles. The topological polar surface area (TPSA) is 118 Å². The van der Waals surface area contributed by atoms with Crippen LogP contribution in [0, 0.1) is 0 Å². The van der Waals surface area contributed by atoms with Gasteiger partial charge in [-0.25, -0.2) is 9.78 Å². The van der Waals surface area contributed by atoms with E-state index >= 15 is 0 Å². The average molecular weight is 552 g/mol. The molecule has 2 N–H and O–H groups in total. The number of aromatic nitrogens is 1. The first-order valence-corrected chi connectivity index (χ1v) is 13.3. The number of pyridine rings is 1. The number of aromatic carboxylic acids is 1. The van der Waals surface area contributed by atoms with Gasteiger partial charge in [-0.2, -0.15) is 0 Å². The fraction of sp³-hybridized carbons (Fsp3) is 0.188. The maximum Gasteiger partial charge on any atom is 0.337 e. The molecule has 208 valence electrons. The predicted octanol–water partition coefficient (Wildman–Crippen LogP) is 5.44. The molecule has 3 aromatic carbocycles. The van der Waals surface area contributed by atoms with Crippen LogP contribution < -0.4 is 14.8 Å². The minimum atomic E-state index is -1.11. The second-order valence-electron chi connectivity index (χ2n) is 9.63. The number of nitrogens with one attached hydrogen (secondary N) is 1. The summed E-state index contributed by atoms with van der Waals surface area (Å²) in [4.78, 5) is 42.8. The van der Waals surface area contributed by atoms with Crippen molar-refractivity contribution in [2.24, 2.45) is 0 Å². The largest absolute Gasteiger partial charge is 0.491 e. The number of carboxylic acid groups (broad SMARTS) is 1. The van der Waals surface area contributed by atoms with Crippen molar-refractivity contribution in [1.29, 1.82) is 0 Å². The molecule has 4 aromatic rings. The normalized spacial score (nSPS) is 14.3. The molecule has 41 heavy (non-hydrogen) atoms. The summed E-state index contributed by atoms with van der Waals surface area (Å²) in [7, 11) is 0. The first kappa shape index (κ1) is 27.4. The zero-order valence-electron chi connectivity index (χ0n) is 22.2. The molecule has 5 rings (SSSR count). The van der Waals surface area contributed by atoms with Crippen molar-refractivity contribution in [3.63, 3.8) is 0 Å². The zero-order valence-corrected chi connectivity index (χ0v) is 22.2. The predicted molar refractivity (Wildman–Crippen MR) is 152 cm³/mol. The Kier molecular flexibility index (Phi) is 8.54. The molecule has 0 spiro atoms. The van der Waals surface area contributed by atoms with Gasteiger partial charge < -0.3 is 24.8 Å². The average Bonchev–Trinajstić information content (AvgIpc) is 3.47. The molecule has 2 amide bonds. The number of para-hydroxylation sites is 1. The third-order valence-electron chi connectivity index (χ3n) is 6.74. The van der Waals surface area contributed by atoms with E-state index in [2.05, 4.69) is 10.3 Å². The lowest BCUT2D eigenvalue weighted by atomic mass is 10.1. The van der Waals surface area contributed by atoms with Crippen molar-refractivity contribution in [2.45, 2.75) is 25.3 Å². The van der Waals surface area contributed by atoms with Crippen LogP contribution in [0.3, 0.4) is 0 Å². The van der Waals surface area contributed by atoms with E-state index in [1.54, 1.807) is 60.8 Å². The highest BCUT2D eigenvalue weighted by Gasteiger charge is 2.29. The molecule has 1 aliphatic rings. The second kappa shape index (κ2) is 12.8. The SMILES string of the molecule is O=C(Cc1ccc(Oc2ccc(OCC3CCCN3C(=O)c3ccccc3)cc2)nc1)Nc1ccccc1C(=O)O. The third-order valence-corrected chi connectivity index (χ3v) is 6.74. The minimum Gasteiger partial charge on any atom is -0.491 e. The first-order valence-electron chi connectivity index (χ1n) is 13.3. The van der Waals surface area contributed by atoms with Gasteiger partial charge in [-0.05, 0) is 66.9 Å². The van der Waals surface area contributed by atoms with Crippen molar-refractivity contribution in [2.75, 3.05) is 18.5 Å². The van der Waals surface area contributed by atoms with Gasteiger partial charge in [0.25, 0.3) is 5.91 Å². The van der Waals surface area contributed by atoms with E-state index in [4.69, 9.17) is 9.47 Å². The number of likely N-dealkylation sites (tertiary alicyclic amines) is 1. The summed E-state index contributed by atoms with van der Waals surface area (Å²) in [6.45, 7) is 1.14. The Bertz CT molecular complexity index is 1510. The van der Waals surface area contributed by atoms with E-state index in [1.165, 1.54) is 6.07 Å². The lowest BCUT2D eigenvalue weighted by Gasteiger charge is -2.25. The van der Waals surface area contributed by atoms with E-state index in [0.29, 0.717) is 35.1 Å². The molecule has 1 fully saturated rings. The maximum atomic E-state index is 12.9. The number of carbonyl (C=O) groups is 3. The van der Waals surface area contributed by atoms with E-state index < -0.39 is 5.97 Å². The van der Waals surface area contributed by atoms with Crippen LogP contribution in [0.2, 0.25) is 0 Å².